The molecular formula is C12H15N3O4. The average Bonchev–Trinajstić information content (AvgIpc) is 2.88. The van der Waals surface area contributed by atoms with E-state index in [1.165, 1.54) is 12.3 Å². The quantitative estimate of drug-likeness (QED) is 0.851. The molecule has 102 valence electrons. The van der Waals surface area contributed by atoms with Crippen LogP contribution in [-0.4, -0.2) is 53.3 Å². The van der Waals surface area contributed by atoms with Crippen LogP contribution in [0, 0.1) is 0 Å². The van der Waals surface area contributed by atoms with Crippen LogP contribution >= 0.6 is 0 Å². The zero-order valence-corrected chi connectivity index (χ0v) is 10.5. The van der Waals surface area contributed by atoms with Gasteiger partial charge in [0.05, 0.1) is 11.8 Å². The lowest BCUT2D eigenvalue weighted by Crippen LogP contribution is -2.34. The van der Waals surface area contributed by atoms with Crippen LogP contribution in [0.4, 0.5) is 10.5 Å². The second-order valence-electron chi connectivity index (χ2n) is 4.23. The van der Waals surface area contributed by atoms with E-state index in [4.69, 9.17) is 9.84 Å². The van der Waals surface area contributed by atoms with E-state index < -0.39 is 5.97 Å². The Labute approximate surface area is 110 Å². The highest BCUT2D eigenvalue weighted by Gasteiger charge is 2.26. The Bertz CT molecular complexity index is 492. The molecular weight excluding hydrogens is 250 g/mol. The molecule has 2 rings (SSSR count). The van der Waals surface area contributed by atoms with Gasteiger partial charge in [0.15, 0.2) is 5.69 Å². The summed E-state index contributed by atoms with van der Waals surface area (Å²) in [6, 6.07) is 2.75. The lowest BCUT2D eigenvalue weighted by molar-refractivity contribution is 0.0691. The number of rotatable bonds is 3. The van der Waals surface area contributed by atoms with Gasteiger partial charge in [-0.25, -0.2) is 14.6 Å². The Kier molecular flexibility index (Phi) is 3.96. The minimum Gasteiger partial charge on any atom is -0.476 e. The monoisotopic (exact) mass is 265 g/mol. The number of aromatic nitrogens is 1. The fourth-order valence-corrected chi connectivity index (χ4v) is 1.98. The third-order valence-electron chi connectivity index (χ3n) is 3.02. The molecule has 0 spiro atoms. The van der Waals surface area contributed by atoms with E-state index in [0.29, 0.717) is 13.1 Å². The van der Waals surface area contributed by atoms with Crippen LogP contribution in [0.3, 0.4) is 0 Å². The molecule has 0 saturated carbocycles. The molecule has 1 aliphatic heterocycles. The molecule has 0 bridgehead atoms. The molecule has 1 unspecified atom stereocenters. The number of aromatic carboxylic acids is 1. The van der Waals surface area contributed by atoms with Crippen molar-refractivity contribution in [2.24, 2.45) is 0 Å². The Hall–Kier alpha value is -2.15. The van der Waals surface area contributed by atoms with E-state index in [2.05, 4.69) is 10.3 Å². The maximum atomic E-state index is 12.0. The predicted molar refractivity (Wildman–Crippen MR) is 67.2 cm³/mol. The Morgan fingerprint density at radius 2 is 2.37 bits per heavy atom. The van der Waals surface area contributed by atoms with Gasteiger partial charge in [0.1, 0.15) is 0 Å². The Morgan fingerprint density at radius 1 is 1.58 bits per heavy atom. The van der Waals surface area contributed by atoms with Crippen molar-refractivity contribution in [2.45, 2.75) is 12.5 Å². The third kappa shape index (κ3) is 3.00. The van der Waals surface area contributed by atoms with Gasteiger partial charge >= 0.3 is 12.0 Å². The van der Waals surface area contributed by atoms with Crippen LogP contribution < -0.4 is 5.32 Å². The average molecular weight is 265 g/mol. The first-order chi connectivity index (χ1) is 9.11. The van der Waals surface area contributed by atoms with Gasteiger partial charge in [0.2, 0.25) is 0 Å². The highest BCUT2D eigenvalue weighted by molar-refractivity contribution is 5.98. The lowest BCUT2D eigenvalue weighted by atomic mass is 10.3. The maximum absolute atomic E-state index is 12.0. The van der Waals surface area contributed by atoms with Crippen molar-refractivity contribution in [3.8, 4) is 0 Å². The van der Waals surface area contributed by atoms with Crippen molar-refractivity contribution >= 4 is 17.7 Å². The number of carboxylic acids is 1. The van der Waals surface area contributed by atoms with Crippen molar-refractivity contribution in [1.82, 2.24) is 9.88 Å². The van der Waals surface area contributed by atoms with Crippen LogP contribution in [0.1, 0.15) is 16.9 Å². The summed E-state index contributed by atoms with van der Waals surface area (Å²) in [5.74, 6) is -1.17. The molecule has 0 aliphatic carbocycles. The minimum absolute atomic E-state index is 0.0404. The van der Waals surface area contributed by atoms with Crippen molar-refractivity contribution in [3.63, 3.8) is 0 Å². The maximum Gasteiger partial charge on any atom is 0.356 e. The molecule has 2 heterocycles. The first-order valence-electron chi connectivity index (χ1n) is 5.89. The molecule has 1 aromatic heterocycles. The molecule has 1 saturated heterocycles. The summed E-state index contributed by atoms with van der Waals surface area (Å²) in [4.78, 5) is 28.3. The number of hydrogen-bond donors (Lipinski definition) is 2. The zero-order valence-electron chi connectivity index (χ0n) is 10.5. The number of anilines is 1. The third-order valence-corrected chi connectivity index (χ3v) is 3.02. The fraction of sp³-hybridized carbons (Fsp3) is 0.417. The summed E-state index contributed by atoms with van der Waals surface area (Å²) in [6.07, 6.45) is 2.19. The number of carboxylic acid groups (broad SMARTS) is 1. The first-order valence-corrected chi connectivity index (χ1v) is 5.89. The van der Waals surface area contributed by atoms with E-state index in [-0.39, 0.29) is 23.5 Å². The number of likely N-dealkylation sites (tertiary alicyclic amines) is 1. The van der Waals surface area contributed by atoms with E-state index in [1.54, 1.807) is 18.1 Å². The summed E-state index contributed by atoms with van der Waals surface area (Å²) in [7, 11) is 1.61. The molecule has 1 atom stereocenters. The summed E-state index contributed by atoms with van der Waals surface area (Å²) in [5, 5.41) is 11.5. The first kappa shape index (κ1) is 13.3. The highest BCUT2D eigenvalue weighted by Crippen LogP contribution is 2.16. The number of urea groups is 1. The Morgan fingerprint density at radius 3 is 3.00 bits per heavy atom. The molecule has 2 N–H and O–H groups in total. The summed E-state index contributed by atoms with van der Waals surface area (Å²) >= 11 is 0. The highest BCUT2D eigenvalue weighted by atomic mass is 16.5. The number of pyridine rings is 1. The second kappa shape index (κ2) is 5.66. The topological polar surface area (TPSA) is 91.8 Å². The minimum atomic E-state index is -1.17. The molecule has 7 heteroatoms. The van der Waals surface area contributed by atoms with Crippen LogP contribution in [0.15, 0.2) is 18.3 Å². The number of carbonyl (C=O) groups excluding carboxylic acids is 1. The van der Waals surface area contributed by atoms with Crippen molar-refractivity contribution < 1.29 is 19.4 Å². The Balaban J connectivity index is 2.05. The van der Waals surface area contributed by atoms with Crippen molar-refractivity contribution in [1.29, 1.82) is 0 Å². The number of hydrogen-bond acceptors (Lipinski definition) is 4. The summed E-state index contributed by atoms with van der Waals surface area (Å²) in [6.45, 7) is 1.10. The molecule has 2 amide bonds. The van der Waals surface area contributed by atoms with Gasteiger partial charge in [-0.15, -0.1) is 0 Å². The number of nitrogens with one attached hydrogen (secondary N) is 1. The molecule has 19 heavy (non-hydrogen) atoms. The number of carbonyl (C=O) groups is 2. The van der Waals surface area contributed by atoms with Crippen LogP contribution in [0.25, 0.3) is 0 Å². The molecule has 7 nitrogen and oxygen atoms in total. The van der Waals surface area contributed by atoms with E-state index in [0.717, 1.165) is 6.42 Å². The fourth-order valence-electron chi connectivity index (χ4n) is 1.98. The lowest BCUT2D eigenvalue weighted by Gasteiger charge is -2.17. The molecule has 1 fully saturated rings. The smallest absolute Gasteiger partial charge is 0.356 e. The van der Waals surface area contributed by atoms with Gasteiger partial charge in [-0.2, -0.15) is 0 Å². The normalized spacial score (nSPS) is 18.4. The molecule has 1 aromatic rings. The van der Waals surface area contributed by atoms with E-state index in [1.807, 2.05) is 0 Å². The van der Waals surface area contributed by atoms with Gasteiger partial charge in [0, 0.05) is 26.4 Å². The van der Waals surface area contributed by atoms with Crippen LogP contribution in [0.5, 0.6) is 0 Å². The van der Waals surface area contributed by atoms with E-state index in [9.17, 15) is 9.59 Å². The molecule has 1 aliphatic rings. The zero-order chi connectivity index (χ0) is 13.8. The molecule has 0 aromatic carbocycles. The molecule has 0 radical (unpaired) electrons. The van der Waals surface area contributed by atoms with Crippen LogP contribution in [0.2, 0.25) is 0 Å². The predicted octanol–water partition coefficient (Wildman–Crippen LogP) is 1.03. The largest absolute Gasteiger partial charge is 0.476 e. The van der Waals surface area contributed by atoms with Gasteiger partial charge < -0.3 is 20.1 Å². The number of nitrogens with zero attached hydrogens (tertiary/aromatic N) is 2. The number of ether oxygens (including phenoxy) is 1. The van der Waals surface area contributed by atoms with Crippen LogP contribution in [-0.2, 0) is 4.74 Å². The number of amides is 2. The standard InChI is InChI=1S/C12H15N3O4/c1-19-8-4-6-15(7-8)12(18)14-9-3-2-5-13-10(9)11(16)17/h2-3,5,8H,4,6-7H2,1H3,(H,14,18)(H,16,17). The second-order valence-corrected chi connectivity index (χ2v) is 4.23. The number of methoxy groups -OCH3 is 1. The van der Waals surface area contributed by atoms with Gasteiger partial charge in [-0.1, -0.05) is 0 Å². The van der Waals surface area contributed by atoms with E-state index >= 15 is 0 Å². The van der Waals surface area contributed by atoms with Crippen molar-refractivity contribution in [2.75, 3.05) is 25.5 Å². The van der Waals surface area contributed by atoms with Crippen molar-refractivity contribution in [3.05, 3.63) is 24.0 Å². The van der Waals surface area contributed by atoms with Gasteiger partial charge in [-0.3, -0.25) is 0 Å². The SMILES string of the molecule is COC1CCN(C(=O)Nc2cccnc2C(=O)O)C1. The van der Waals surface area contributed by atoms with Gasteiger partial charge in [0.25, 0.3) is 0 Å². The van der Waals surface area contributed by atoms with Gasteiger partial charge in [-0.05, 0) is 18.6 Å². The summed E-state index contributed by atoms with van der Waals surface area (Å²) in [5.41, 5.74) is 0.0270. The summed E-state index contributed by atoms with van der Waals surface area (Å²) < 4.78 is 5.18.